The van der Waals surface area contributed by atoms with Gasteiger partial charge in [-0.1, -0.05) is 60.7 Å². The first kappa shape index (κ1) is 14.4. The molecule has 2 nitrogen and oxygen atoms in total. The minimum Gasteiger partial charge on any atom is -0.344 e. The van der Waals surface area contributed by atoms with Gasteiger partial charge in [0.2, 0.25) is 0 Å². The minimum atomic E-state index is -0.192. The van der Waals surface area contributed by atoms with E-state index < -0.39 is 0 Å². The summed E-state index contributed by atoms with van der Waals surface area (Å²) in [7, 11) is 0. The Kier molecular flexibility index (Phi) is 5.08. The molecule has 0 aliphatic rings. The molecule has 0 aliphatic carbocycles. The van der Waals surface area contributed by atoms with Crippen LogP contribution in [-0.4, -0.2) is 5.54 Å². The van der Waals surface area contributed by atoms with Crippen LogP contribution in [0, 0.1) is 0 Å². The largest absolute Gasteiger partial charge is 0.344 e. The van der Waals surface area contributed by atoms with E-state index in [0.717, 1.165) is 12.8 Å². The molecule has 0 unspecified atom stereocenters. The zero-order chi connectivity index (χ0) is 12.1. The van der Waals surface area contributed by atoms with Crippen molar-refractivity contribution in [2.24, 2.45) is 5.73 Å². The fourth-order valence-electron chi connectivity index (χ4n) is 2.19. The van der Waals surface area contributed by atoms with E-state index in [-0.39, 0.29) is 11.7 Å². The quantitative estimate of drug-likeness (QED) is 0.863. The molecule has 2 aromatic carbocycles. The van der Waals surface area contributed by atoms with E-state index in [1.165, 1.54) is 11.1 Å². The van der Waals surface area contributed by atoms with Crippen LogP contribution in [0.1, 0.15) is 18.1 Å². The first-order valence-corrected chi connectivity index (χ1v) is 6.02. The van der Waals surface area contributed by atoms with Crippen LogP contribution < -0.4 is 11.9 Å². The standard InChI is InChI=1S/C16H19N.H3N/c1-16(17,12-14-8-4-2-5-9-14)13-15-10-6-3-7-11-15;/h2-11H,12-13,17H2,1H3;1H3. The van der Waals surface area contributed by atoms with E-state index >= 15 is 0 Å². The molecule has 0 bridgehead atoms. The lowest BCUT2D eigenvalue weighted by molar-refractivity contribution is 0.463. The molecule has 2 heteroatoms. The summed E-state index contributed by atoms with van der Waals surface area (Å²) in [4.78, 5) is 0. The van der Waals surface area contributed by atoms with Gasteiger partial charge in [-0.05, 0) is 30.9 Å². The third-order valence-electron chi connectivity index (χ3n) is 2.90. The van der Waals surface area contributed by atoms with Gasteiger partial charge < -0.3 is 11.9 Å². The van der Waals surface area contributed by atoms with Gasteiger partial charge in [0.15, 0.2) is 0 Å². The third kappa shape index (κ3) is 4.32. The van der Waals surface area contributed by atoms with Crippen LogP contribution in [0.5, 0.6) is 0 Å². The average molecular weight is 242 g/mol. The molecule has 18 heavy (non-hydrogen) atoms. The number of hydrogen-bond donors (Lipinski definition) is 2. The topological polar surface area (TPSA) is 61.0 Å². The van der Waals surface area contributed by atoms with Crippen LogP contribution in [0.15, 0.2) is 60.7 Å². The molecular formula is C16H22N2. The summed E-state index contributed by atoms with van der Waals surface area (Å²) in [6, 6.07) is 20.9. The van der Waals surface area contributed by atoms with Crippen molar-refractivity contribution in [3.63, 3.8) is 0 Å². The van der Waals surface area contributed by atoms with Gasteiger partial charge in [-0.15, -0.1) is 0 Å². The van der Waals surface area contributed by atoms with Crippen molar-refractivity contribution >= 4 is 0 Å². The third-order valence-corrected chi connectivity index (χ3v) is 2.90. The zero-order valence-electron chi connectivity index (χ0n) is 11.0. The fraction of sp³-hybridized carbons (Fsp3) is 0.250. The Balaban J connectivity index is 0.00000162. The summed E-state index contributed by atoms with van der Waals surface area (Å²) in [6.45, 7) is 2.12. The van der Waals surface area contributed by atoms with Crippen molar-refractivity contribution in [3.8, 4) is 0 Å². The Morgan fingerprint density at radius 2 is 1.11 bits per heavy atom. The highest BCUT2D eigenvalue weighted by molar-refractivity contribution is 5.21. The highest BCUT2D eigenvalue weighted by Gasteiger charge is 2.19. The molecule has 96 valence electrons. The van der Waals surface area contributed by atoms with E-state index in [9.17, 15) is 0 Å². The molecule has 0 saturated heterocycles. The fourth-order valence-corrected chi connectivity index (χ4v) is 2.19. The summed E-state index contributed by atoms with van der Waals surface area (Å²) in [6.07, 6.45) is 1.81. The normalized spacial score (nSPS) is 10.8. The lowest BCUT2D eigenvalue weighted by Gasteiger charge is -2.25. The molecule has 0 fully saturated rings. The lowest BCUT2D eigenvalue weighted by Crippen LogP contribution is -2.40. The average Bonchev–Trinajstić information content (AvgIpc) is 2.30. The molecule has 0 radical (unpaired) electrons. The van der Waals surface area contributed by atoms with Gasteiger partial charge in [-0.25, -0.2) is 0 Å². The van der Waals surface area contributed by atoms with Crippen LogP contribution >= 0.6 is 0 Å². The van der Waals surface area contributed by atoms with E-state index in [4.69, 9.17) is 5.73 Å². The highest BCUT2D eigenvalue weighted by atomic mass is 14.7. The molecule has 2 aromatic rings. The van der Waals surface area contributed by atoms with Gasteiger partial charge >= 0.3 is 0 Å². The predicted molar refractivity (Wildman–Crippen MR) is 77.9 cm³/mol. The monoisotopic (exact) mass is 242 g/mol. The number of benzene rings is 2. The maximum atomic E-state index is 6.38. The van der Waals surface area contributed by atoms with Crippen molar-refractivity contribution < 1.29 is 0 Å². The lowest BCUT2D eigenvalue weighted by atomic mass is 9.87. The van der Waals surface area contributed by atoms with E-state index in [0.29, 0.717) is 0 Å². The minimum absolute atomic E-state index is 0. The highest BCUT2D eigenvalue weighted by Crippen LogP contribution is 2.16. The SMILES string of the molecule is CC(N)(Cc1ccccc1)Cc1ccccc1.N. The van der Waals surface area contributed by atoms with E-state index in [1.54, 1.807) is 0 Å². The van der Waals surface area contributed by atoms with Crippen LogP contribution in [0.25, 0.3) is 0 Å². The van der Waals surface area contributed by atoms with Gasteiger partial charge in [-0.2, -0.15) is 0 Å². The van der Waals surface area contributed by atoms with Crippen LogP contribution in [-0.2, 0) is 12.8 Å². The van der Waals surface area contributed by atoms with Gasteiger partial charge in [0.25, 0.3) is 0 Å². The van der Waals surface area contributed by atoms with Gasteiger partial charge in [0.05, 0.1) is 0 Å². The summed E-state index contributed by atoms with van der Waals surface area (Å²) >= 11 is 0. The number of hydrogen-bond acceptors (Lipinski definition) is 2. The van der Waals surface area contributed by atoms with Crippen LogP contribution in [0.2, 0.25) is 0 Å². The smallest absolute Gasteiger partial charge is 0.0207 e. The van der Waals surface area contributed by atoms with Crippen LogP contribution in [0.3, 0.4) is 0 Å². The summed E-state index contributed by atoms with van der Waals surface area (Å²) in [5, 5.41) is 0. The molecule has 0 aromatic heterocycles. The van der Waals surface area contributed by atoms with E-state index in [2.05, 4.69) is 55.5 Å². The van der Waals surface area contributed by atoms with Gasteiger partial charge in [0.1, 0.15) is 0 Å². The van der Waals surface area contributed by atoms with Crippen molar-refractivity contribution in [1.29, 1.82) is 0 Å². The Labute approximate surface area is 109 Å². The Morgan fingerprint density at radius 3 is 1.44 bits per heavy atom. The molecule has 0 heterocycles. The maximum absolute atomic E-state index is 6.38. The molecule has 5 N–H and O–H groups in total. The second kappa shape index (κ2) is 6.34. The summed E-state index contributed by atoms with van der Waals surface area (Å²) in [5.74, 6) is 0. The Morgan fingerprint density at radius 1 is 0.778 bits per heavy atom. The molecule has 2 rings (SSSR count). The van der Waals surface area contributed by atoms with Crippen molar-refractivity contribution in [2.75, 3.05) is 0 Å². The van der Waals surface area contributed by atoms with Crippen molar-refractivity contribution in [3.05, 3.63) is 71.8 Å². The zero-order valence-corrected chi connectivity index (χ0v) is 11.0. The van der Waals surface area contributed by atoms with Gasteiger partial charge in [0, 0.05) is 5.54 Å². The molecule has 0 spiro atoms. The first-order chi connectivity index (χ1) is 8.16. The molecule has 0 amide bonds. The number of nitrogens with two attached hydrogens (primary N) is 1. The maximum Gasteiger partial charge on any atom is 0.0207 e. The second-order valence-corrected chi connectivity index (χ2v) is 4.98. The first-order valence-electron chi connectivity index (χ1n) is 6.02. The van der Waals surface area contributed by atoms with E-state index in [1.807, 2.05) is 12.1 Å². The molecule has 0 aliphatic heterocycles. The molecule has 0 saturated carbocycles. The summed E-state index contributed by atoms with van der Waals surface area (Å²) in [5.41, 5.74) is 8.79. The van der Waals surface area contributed by atoms with Crippen molar-refractivity contribution in [1.82, 2.24) is 6.15 Å². The second-order valence-electron chi connectivity index (χ2n) is 4.98. The van der Waals surface area contributed by atoms with Crippen LogP contribution in [0.4, 0.5) is 0 Å². The molecular weight excluding hydrogens is 220 g/mol. The van der Waals surface area contributed by atoms with Gasteiger partial charge in [-0.3, -0.25) is 0 Å². The number of rotatable bonds is 4. The molecule has 0 atom stereocenters. The summed E-state index contributed by atoms with van der Waals surface area (Å²) < 4.78 is 0. The predicted octanol–water partition coefficient (Wildman–Crippen LogP) is 3.35. The Bertz CT molecular complexity index is 406. The Hall–Kier alpha value is -1.64. The van der Waals surface area contributed by atoms with Crippen molar-refractivity contribution in [2.45, 2.75) is 25.3 Å².